The van der Waals surface area contributed by atoms with Crippen molar-refractivity contribution >= 4 is 41.5 Å². The first-order chi connectivity index (χ1) is 10.6. The third-order valence-electron chi connectivity index (χ3n) is 3.81. The number of benzene rings is 1. The average Bonchev–Trinajstić information content (AvgIpc) is 2.49. The summed E-state index contributed by atoms with van der Waals surface area (Å²) < 4.78 is 13.1. The number of amides is 1. The lowest BCUT2D eigenvalue weighted by atomic mass is 10.00. The Bertz CT molecular complexity index is 545. The molecule has 2 rings (SSSR count). The normalized spacial score (nSPS) is 15.8. The van der Waals surface area contributed by atoms with E-state index in [-0.39, 0.29) is 42.2 Å². The Kier molecular flexibility index (Phi) is 8.29. The van der Waals surface area contributed by atoms with E-state index < -0.39 is 0 Å². The molecule has 1 aliphatic heterocycles. The molecule has 1 saturated heterocycles. The highest BCUT2D eigenvalue weighted by atomic mass is 127. The van der Waals surface area contributed by atoms with Gasteiger partial charge in [-0.2, -0.15) is 0 Å². The van der Waals surface area contributed by atoms with Crippen LogP contribution in [-0.2, 0) is 4.79 Å². The maximum absolute atomic E-state index is 13.1. The zero-order valence-electron chi connectivity index (χ0n) is 13.5. The average molecular weight is 434 g/mol. The molecule has 0 aromatic heterocycles. The van der Waals surface area contributed by atoms with E-state index in [1.165, 1.54) is 12.1 Å². The highest BCUT2D eigenvalue weighted by Gasteiger charge is 2.18. The molecule has 0 atom stereocenters. The second kappa shape index (κ2) is 9.69. The van der Waals surface area contributed by atoms with Gasteiger partial charge in [0, 0.05) is 25.8 Å². The summed E-state index contributed by atoms with van der Waals surface area (Å²) in [5.74, 6) is 0.882. The third-order valence-corrected chi connectivity index (χ3v) is 3.81. The molecule has 5 nitrogen and oxygen atoms in total. The molecule has 1 aromatic carbocycles. The summed E-state index contributed by atoms with van der Waals surface area (Å²) >= 11 is 0. The first-order valence-corrected chi connectivity index (χ1v) is 7.59. The standard InChI is InChI=1S/C16H23FN4O.HI/c1-12-6-8-21(9-7-12)16(18-2)19-11-15(22)20-14-5-3-4-13(17)10-14;/h3-5,10,12H,6-9,11H2,1-2H3,(H,18,19)(H,20,22);1H. The molecule has 1 aliphatic rings. The summed E-state index contributed by atoms with van der Waals surface area (Å²) in [6, 6.07) is 5.85. The topological polar surface area (TPSA) is 56.7 Å². The van der Waals surface area contributed by atoms with Crippen molar-refractivity contribution in [2.24, 2.45) is 10.9 Å². The van der Waals surface area contributed by atoms with Crippen LogP contribution >= 0.6 is 24.0 Å². The number of likely N-dealkylation sites (tertiary alicyclic amines) is 1. The molecule has 1 amide bonds. The lowest BCUT2D eigenvalue weighted by Crippen LogP contribution is -2.47. The van der Waals surface area contributed by atoms with Gasteiger partial charge in [-0.05, 0) is 37.0 Å². The molecular weight excluding hydrogens is 410 g/mol. The van der Waals surface area contributed by atoms with Gasteiger partial charge < -0.3 is 15.5 Å². The van der Waals surface area contributed by atoms with Crippen LogP contribution in [0.4, 0.5) is 10.1 Å². The minimum atomic E-state index is -0.371. The molecule has 2 N–H and O–H groups in total. The first kappa shape index (κ1) is 19.7. The molecule has 1 aromatic rings. The van der Waals surface area contributed by atoms with E-state index in [0.29, 0.717) is 5.69 Å². The van der Waals surface area contributed by atoms with Crippen molar-refractivity contribution in [3.63, 3.8) is 0 Å². The van der Waals surface area contributed by atoms with Crippen LogP contribution in [-0.4, -0.2) is 43.4 Å². The fourth-order valence-corrected chi connectivity index (χ4v) is 2.48. The number of nitrogens with one attached hydrogen (secondary N) is 2. The van der Waals surface area contributed by atoms with E-state index in [1.54, 1.807) is 19.2 Å². The fraction of sp³-hybridized carbons (Fsp3) is 0.500. The van der Waals surface area contributed by atoms with E-state index >= 15 is 0 Å². The first-order valence-electron chi connectivity index (χ1n) is 7.59. The fourth-order valence-electron chi connectivity index (χ4n) is 2.48. The highest BCUT2D eigenvalue weighted by Crippen LogP contribution is 2.15. The van der Waals surface area contributed by atoms with Crippen LogP contribution in [0.25, 0.3) is 0 Å². The van der Waals surface area contributed by atoms with Crippen molar-refractivity contribution in [3.8, 4) is 0 Å². The number of halogens is 2. The van der Waals surface area contributed by atoms with E-state index in [0.717, 1.165) is 37.8 Å². The maximum Gasteiger partial charge on any atom is 0.243 e. The lowest BCUT2D eigenvalue weighted by molar-refractivity contribution is -0.115. The van der Waals surface area contributed by atoms with Crippen LogP contribution in [0.15, 0.2) is 29.3 Å². The Labute approximate surface area is 153 Å². The largest absolute Gasteiger partial charge is 0.347 e. The summed E-state index contributed by atoms with van der Waals surface area (Å²) in [4.78, 5) is 18.3. The van der Waals surface area contributed by atoms with Crippen LogP contribution < -0.4 is 10.6 Å². The van der Waals surface area contributed by atoms with Crippen LogP contribution in [0.2, 0.25) is 0 Å². The number of guanidine groups is 1. The molecule has 0 bridgehead atoms. The van der Waals surface area contributed by atoms with Crippen molar-refractivity contribution in [2.75, 3.05) is 32.0 Å². The number of rotatable bonds is 3. The van der Waals surface area contributed by atoms with Gasteiger partial charge in [-0.1, -0.05) is 13.0 Å². The second-order valence-electron chi connectivity index (χ2n) is 5.63. The van der Waals surface area contributed by atoms with Crippen molar-refractivity contribution in [3.05, 3.63) is 30.1 Å². The van der Waals surface area contributed by atoms with Gasteiger partial charge in [0.25, 0.3) is 0 Å². The monoisotopic (exact) mass is 434 g/mol. The SMILES string of the molecule is CN=C(NCC(=O)Nc1cccc(F)c1)N1CCC(C)CC1.I. The smallest absolute Gasteiger partial charge is 0.243 e. The van der Waals surface area contributed by atoms with E-state index in [9.17, 15) is 9.18 Å². The Morgan fingerprint density at radius 2 is 2.09 bits per heavy atom. The van der Waals surface area contributed by atoms with Crippen LogP contribution in [0.5, 0.6) is 0 Å². The molecule has 0 radical (unpaired) electrons. The number of anilines is 1. The van der Waals surface area contributed by atoms with Gasteiger partial charge in [0.15, 0.2) is 5.96 Å². The Hall–Kier alpha value is -1.38. The van der Waals surface area contributed by atoms with Gasteiger partial charge in [0.1, 0.15) is 5.82 Å². The summed E-state index contributed by atoms with van der Waals surface area (Å²) in [5.41, 5.74) is 0.452. The van der Waals surface area contributed by atoms with Gasteiger partial charge in [-0.3, -0.25) is 9.79 Å². The van der Waals surface area contributed by atoms with Crippen molar-refractivity contribution in [1.29, 1.82) is 0 Å². The number of aliphatic imine (C=N–C) groups is 1. The molecule has 128 valence electrons. The van der Waals surface area contributed by atoms with E-state index in [1.807, 2.05) is 0 Å². The molecule has 7 heteroatoms. The van der Waals surface area contributed by atoms with Crippen LogP contribution in [0.3, 0.4) is 0 Å². The lowest BCUT2D eigenvalue weighted by Gasteiger charge is -2.32. The predicted molar refractivity (Wildman–Crippen MR) is 102 cm³/mol. The molecule has 0 spiro atoms. The minimum absolute atomic E-state index is 0. The number of hydrogen-bond donors (Lipinski definition) is 2. The molecule has 23 heavy (non-hydrogen) atoms. The molecular formula is C16H24FIN4O. The molecule has 0 unspecified atom stereocenters. The van der Waals surface area contributed by atoms with E-state index in [4.69, 9.17) is 0 Å². The van der Waals surface area contributed by atoms with Gasteiger partial charge >= 0.3 is 0 Å². The summed E-state index contributed by atoms with van der Waals surface area (Å²) in [6.45, 7) is 4.26. The number of carbonyl (C=O) groups excluding carboxylic acids is 1. The van der Waals surface area contributed by atoms with Gasteiger partial charge in [0.2, 0.25) is 5.91 Å². The third kappa shape index (κ3) is 6.32. The number of nitrogens with zero attached hydrogens (tertiary/aromatic N) is 2. The number of piperidine rings is 1. The number of hydrogen-bond acceptors (Lipinski definition) is 2. The van der Waals surface area contributed by atoms with E-state index in [2.05, 4.69) is 27.4 Å². The zero-order valence-corrected chi connectivity index (χ0v) is 15.8. The molecule has 1 fully saturated rings. The van der Waals surface area contributed by atoms with Crippen molar-refractivity contribution < 1.29 is 9.18 Å². The maximum atomic E-state index is 13.1. The molecule has 0 aliphatic carbocycles. The highest BCUT2D eigenvalue weighted by molar-refractivity contribution is 14.0. The number of carbonyl (C=O) groups is 1. The van der Waals surface area contributed by atoms with Crippen LogP contribution in [0.1, 0.15) is 19.8 Å². The zero-order chi connectivity index (χ0) is 15.9. The minimum Gasteiger partial charge on any atom is -0.347 e. The second-order valence-corrected chi connectivity index (χ2v) is 5.63. The van der Waals surface area contributed by atoms with Crippen LogP contribution in [0, 0.1) is 11.7 Å². The predicted octanol–water partition coefficient (Wildman–Crippen LogP) is 2.69. The Balaban J connectivity index is 0.00000264. The summed E-state index contributed by atoms with van der Waals surface area (Å²) in [7, 11) is 1.71. The van der Waals surface area contributed by atoms with Gasteiger partial charge in [-0.15, -0.1) is 24.0 Å². The quantitative estimate of drug-likeness (QED) is 0.437. The molecule has 0 saturated carbocycles. The molecule has 1 heterocycles. The summed E-state index contributed by atoms with van der Waals surface area (Å²) in [6.07, 6.45) is 2.27. The van der Waals surface area contributed by atoms with Gasteiger partial charge in [-0.25, -0.2) is 4.39 Å². The van der Waals surface area contributed by atoms with Crippen molar-refractivity contribution in [2.45, 2.75) is 19.8 Å². The summed E-state index contributed by atoms with van der Waals surface area (Å²) in [5, 5.41) is 5.72. The Morgan fingerprint density at radius 1 is 1.39 bits per heavy atom. The van der Waals surface area contributed by atoms with Gasteiger partial charge in [0.05, 0.1) is 6.54 Å². The van der Waals surface area contributed by atoms with Crippen molar-refractivity contribution in [1.82, 2.24) is 10.2 Å². The Morgan fingerprint density at radius 3 is 2.70 bits per heavy atom.